The number of carbonyl (C=O) groups is 2. The monoisotopic (exact) mass is 317 g/mol. The molecule has 5 nitrogen and oxygen atoms in total. The topological polar surface area (TPSA) is 71.1 Å². The van der Waals surface area contributed by atoms with Gasteiger partial charge in [-0.2, -0.15) is 0 Å². The van der Waals surface area contributed by atoms with E-state index in [4.69, 9.17) is 0 Å². The van der Waals surface area contributed by atoms with Crippen LogP contribution in [0.2, 0.25) is 0 Å². The number of allylic oxidation sites excluding steroid dienone is 1. The predicted molar refractivity (Wildman–Crippen MR) is 89.3 cm³/mol. The molecule has 0 bridgehead atoms. The number of hydrogen-bond donors (Lipinski definition) is 2. The van der Waals surface area contributed by atoms with Gasteiger partial charge in [0, 0.05) is 29.3 Å². The maximum atomic E-state index is 12.7. The summed E-state index contributed by atoms with van der Waals surface area (Å²) >= 11 is 0. The summed E-state index contributed by atoms with van der Waals surface area (Å²) in [6.07, 6.45) is 7.88. The van der Waals surface area contributed by atoms with Crippen LogP contribution in [0.5, 0.6) is 0 Å². The van der Waals surface area contributed by atoms with E-state index in [2.05, 4.69) is 39.9 Å². The van der Waals surface area contributed by atoms with Crippen molar-refractivity contribution in [3.63, 3.8) is 0 Å². The van der Waals surface area contributed by atoms with Gasteiger partial charge in [-0.05, 0) is 42.2 Å². The molecular weight excluding hydrogens is 302 g/mol. The number of rotatable bonds is 1. The molecule has 2 N–H and O–H groups in total. The third-order valence-corrected chi connectivity index (χ3v) is 5.28. The van der Waals surface area contributed by atoms with Gasteiger partial charge in [0.1, 0.15) is 5.82 Å². The first-order valence-electron chi connectivity index (χ1n) is 8.03. The smallest absolute Gasteiger partial charge is 0.236 e. The summed E-state index contributed by atoms with van der Waals surface area (Å²) in [5.41, 5.74) is 4.29. The van der Waals surface area contributed by atoms with Crippen LogP contribution in [-0.2, 0) is 17.6 Å². The second kappa shape index (κ2) is 4.54. The fourth-order valence-electron chi connectivity index (χ4n) is 4.12. The number of nitrogens with zero attached hydrogens (tertiary/aromatic N) is 1. The van der Waals surface area contributed by atoms with Crippen LogP contribution < -0.4 is 10.6 Å². The molecule has 5 rings (SSSR count). The second-order valence-electron chi connectivity index (χ2n) is 6.66. The highest BCUT2D eigenvalue weighted by atomic mass is 16.2. The van der Waals surface area contributed by atoms with Crippen LogP contribution in [0.1, 0.15) is 21.5 Å². The molecule has 2 aromatic rings. The van der Waals surface area contributed by atoms with Crippen LogP contribution in [0.25, 0.3) is 10.9 Å². The molecule has 0 radical (unpaired) electrons. The van der Waals surface area contributed by atoms with Gasteiger partial charge in [-0.15, -0.1) is 0 Å². The molecule has 24 heavy (non-hydrogen) atoms. The first-order valence-corrected chi connectivity index (χ1v) is 8.03. The lowest BCUT2D eigenvalue weighted by molar-refractivity contribution is -0.126. The van der Waals surface area contributed by atoms with Crippen molar-refractivity contribution in [1.82, 2.24) is 15.6 Å². The Labute approximate surface area is 138 Å². The van der Waals surface area contributed by atoms with Crippen molar-refractivity contribution in [3.8, 4) is 0 Å². The van der Waals surface area contributed by atoms with E-state index >= 15 is 0 Å². The van der Waals surface area contributed by atoms with Gasteiger partial charge in [0.2, 0.25) is 5.91 Å². The number of carbonyl (C=O) groups excluding carboxylic acids is 2. The zero-order chi connectivity index (χ0) is 16.3. The lowest BCUT2D eigenvalue weighted by Crippen LogP contribution is -2.35. The molecule has 1 spiro atoms. The highest BCUT2D eigenvalue weighted by Gasteiger charge is 2.51. The van der Waals surface area contributed by atoms with Crippen molar-refractivity contribution in [2.75, 3.05) is 6.54 Å². The molecule has 1 aliphatic carbocycles. The average Bonchev–Trinajstić information content (AvgIpc) is 3.10. The molecule has 3 heterocycles. The molecular formula is C19H15N3O2. The lowest BCUT2D eigenvalue weighted by Gasteiger charge is -2.23. The number of hydrogen-bond acceptors (Lipinski definition) is 4. The first kappa shape index (κ1) is 13.5. The molecule has 1 aromatic carbocycles. The molecule has 1 aromatic heterocycles. The normalized spacial score (nSPS) is 24.1. The quantitative estimate of drug-likeness (QED) is 0.784. The lowest BCUT2D eigenvalue weighted by atomic mass is 9.78. The van der Waals surface area contributed by atoms with E-state index in [1.165, 1.54) is 0 Å². The van der Waals surface area contributed by atoms with Crippen LogP contribution in [0.15, 0.2) is 47.9 Å². The van der Waals surface area contributed by atoms with Crippen molar-refractivity contribution >= 4 is 23.1 Å². The minimum absolute atomic E-state index is 0.0633. The zero-order valence-electron chi connectivity index (χ0n) is 12.9. The van der Waals surface area contributed by atoms with Crippen molar-refractivity contribution in [2.45, 2.75) is 12.8 Å². The molecule has 3 aliphatic rings. The summed E-state index contributed by atoms with van der Waals surface area (Å²) in [6, 6.07) is 5.98. The minimum atomic E-state index is -0.521. The molecule has 0 saturated carbocycles. The number of aldehydes is 1. The first-order chi connectivity index (χ1) is 11.7. The summed E-state index contributed by atoms with van der Waals surface area (Å²) in [5, 5.41) is 7.19. The van der Waals surface area contributed by atoms with Crippen LogP contribution >= 0.6 is 0 Å². The average molecular weight is 317 g/mol. The SMILES string of the molecule is O=Cc1cnc2cc3c(cc2c1)C[C@@]1(C3)C(=O)NC2=C1C=CCN2. The van der Waals surface area contributed by atoms with E-state index in [1.54, 1.807) is 6.20 Å². The van der Waals surface area contributed by atoms with Gasteiger partial charge >= 0.3 is 0 Å². The number of benzene rings is 1. The van der Waals surface area contributed by atoms with Crippen molar-refractivity contribution < 1.29 is 9.59 Å². The summed E-state index contributed by atoms with van der Waals surface area (Å²) < 4.78 is 0. The fourth-order valence-corrected chi connectivity index (χ4v) is 4.12. The molecule has 0 unspecified atom stereocenters. The van der Waals surface area contributed by atoms with Crippen molar-refractivity contribution in [3.05, 3.63) is 64.6 Å². The Hall–Kier alpha value is -2.95. The van der Waals surface area contributed by atoms with Crippen molar-refractivity contribution in [1.29, 1.82) is 0 Å². The van der Waals surface area contributed by atoms with E-state index in [0.29, 0.717) is 18.4 Å². The summed E-state index contributed by atoms with van der Waals surface area (Å²) in [4.78, 5) is 28.1. The molecule has 1 amide bonds. The van der Waals surface area contributed by atoms with E-state index < -0.39 is 5.41 Å². The Morgan fingerprint density at radius 1 is 1.17 bits per heavy atom. The molecule has 0 saturated heterocycles. The number of nitrogens with one attached hydrogen (secondary N) is 2. The van der Waals surface area contributed by atoms with Crippen molar-refractivity contribution in [2.24, 2.45) is 5.41 Å². The predicted octanol–water partition coefficient (Wildman–Crippen LogP) is 1.63. The van der Waals surface area contributed by atoms with E-state index in [0.717, 1.165) is 46.3 Å². The standard InChI is InChI=1S/C19H15N3O2/c23-10-11-4-12-5-13-7-19(8-14(13)6-16(12)21-9-11)15-2-1-3-20-17(15)22-18(19)24/h1-2,4-6,9-10,20H,3,7-8H2,(H,22,24)/t19-/m0/s1. The number of pyridine rings is 1. The van der Waals surface area contributed by atoms with Gasteiger partial charge in [-0.1, -0.05) is 12.2 Å². The summed E-state index contributed by atoms with van der Waals surface area (Å²) in [7, 11) is 0. The minimum Gasteiger partial charge on any atom is -0.368 e. The zero-order valence-corrected chi connectivity index (χ0v) is 12.9. The Morgan fingerprint density at radius 2 is 2.00 bits per heavy atom. The second-order valence-corrected chi connectivity index (χ2v) is 6.66. The Morgan fingerprint density at radius 3 is 2.83 bits per heavy atom. The summed E-state index contributed by atoms with van der Waals surface area (Å²) in [5.74, 6) is 0.912. The highest BCUT2D eigenvalue weighted by Crippen LogP contribution is 2.48. The highest BCUT2D eigenvalue weighted by molar-refractivity contribution is 5.95. The number of fused-ring (bicyclic) bond motifs is 3. The number of aromatic nitrogens is 1. The van der Waals surface area contributed by atoms with Crippen LogP contribution in [-0.4, -0.2) is 23.7 Å². The van der Waals surface area contributed by atoms with E-state index in [1.807, 2.05) is 6.07 Å². The Balaban J connectivity index is 1.64. The van der Waals surface area contributed by atoms with Crippen LogP contribution in [0, 0.1) is 5.41 Å². The Bertz CT molecular complexity index is 990. The van der Waals surface area contributed by atoms with E-state index in [-0.39, 0.29) is 5.91 Å². The van der Waals surface area contributed by atoms with Gasteiger partial charge in [0.05, 0.1) is 10.9 Å². The maximum absolute atomic E-state index is 12.7. The third kappa shape index (κ3) is 1.67. The Kier molecular flexibility index (Phi) is 2.55. The molecule has 0 fully saturated rings. The van der Waals surface area contributed by atoms with E-state index in [9.17, 15) is 9.59 Å². The fraction of sp³-hybridized carbons (Fsp3) is 0.211. The van der Waals surface area contributed by atoms with Gasteiger partial charge in [0.15, 0.2) is 6.29 Å². The number of amides is 1. The molecule has 118 valence electrons. The molecule has 5 heteroatoms. The van der Waals surface area contributed by atoms with Gasteiger partial charge in [-0.3, -0.25) is 14.6 Å². The third-order valence-electron chi connectivity index (χ3n) is 5.28. The van der Waals surface area contributed by atoms with Gasteiger partial charge in [-0.25, -0.2) is 0 Å². The van der Waals surface area contributed by atoms with Crippen LogP contribution in [0.4, 0.5) is 0 Å². The van der Waals surface area contributed by atoms with Gasteiger partial charge in [0.25, 0.3) is 0 Å². The largest absolute Gasteiger partial charge is 0.368 e. The molecule has 1 atom stereocenters. The maximum Gasteiger partial charge on any atom is 0.236 e. The van der Waals surface area contributed by atoms with Gasteiger partial charge < -0.3 is 10.6 Å². The number of dihydropyridines is 1. The van der Waals surface area contributed by atoms with Crippen LogP contribution in [0.3, 0.4) is 0 Å². The summed E-state index contributed by atoms with van der Waals surface area (Å²) in [6.45, 7) is 0.740. The molecule has 2 aliphatic heterocycles.